The van der Waals surface area contributed by atoms with Gasteiger partial charge in [-0.3, -0.25) is 4.79 Å². The predicted octanol–water partition coefficient (Wildman–Crippen LogP) is 4.21. The van der Waals surface area contributed by atoms with Gasteiger partial charge in [0.1, 0.15) is 5.82 Å². The van der Waals surface area contributed by atoms with E-state index in [9.17, 15) is 4.79 Å². The minimum absolute atomic E-state index is 0. The molecule has 0 radical (unpaired) electrons. The summed E-state index contributed by atoms with van der Waals surface area (Å²) in [5.74, 6) is 1.49. The second-order valence-corrected chi connectivity index (χ2v) is 8.41. The van der Waals surface area contributed by atoms with Crippen LogP contribution in [-0.4, -0.2) is 40.8 Å². The quantitative estimate of drug-likeness (QED) is 0.450. The highest BCUT2D eigenvalue weighted by molar-refractivity contribution is 8.00. The summed E-state index contributed by atoms with van der Waals surface area (Å²) in [7, 11) is 0. The lowest BCUT2D eigenvalue weighted by Gasteiger charge is -2.16. The van der Waals surface area contributed by atoms with Crippen molar-refractivity contribution >= 4 is 41.1 Å². The lowest BCUT2D eigenvalue weighted by molar-refractivity contribution is -0.118. The molecule has 27 heavy (non-hydrogen) atoms. The fraction of sp³-hybridized carbons (Fsp3) is 0.600. The van der Waals surface area contributed by atoms with Crippen molar-refractivity contribution in [1.82, 2.24) is 20.6 Å². The standard InChI is InChI=1S/C20H30N4OS.ClH/c1-15(20-23-17-10-6-7-11-18(17)24-20)26-14-19(25)22-13-12-21-16-8-4-2-3-5-9-16;/h6-7,10-11,15-16,21H,2-5,8-9,12-14H2,1H3,(H,22,25)(H,23,24);1H. The van der Waals surface area contributed by atoms with Gasteiger partial charge in [-0.15, -0.1) is 24.2 Å². The Morgan fingerprint density at radius 3 is 2.70 bits per heavy atom. The van der Waals surface area contributed by atoms with Crippen LogP contribution in [0.15, 0.2) is 24.3 Å². The Kier molecular flexibility index (Phi) is 9.45. The molecule has 0 bridgehead atoms. The van der Waals surface area contributed by atoms with Crippen LogP contribution in [0.5, 0.6) is 0 Å². The van der Waals surface area contributed by atoms with Gasteiger partial charge >= 0.3 is 0 Å². The first-order valence-electron chi connectivity index (χ1n) is 9.78. The zero-order chi connectivity index (χ0) is 18.2. The molecule has 5 nitrogen and oxygen atoms in total. The Hall–Kier alpha value is -1.24. The van der Waals surface area contributed by atoms with Crippen LogP contribution in [-0.2, 0) is 4.79 Å². The molecule has 1 heterocycles. The second-order valence-electron chi connectivity index (χ2n) is 7.08. The van der Waals surface area contributed by atoms with Crippen molar-refractivity contribution in [2.75, 3.05) is 18.8 Å². The maximum absolute atomic E-state index is 12.1. The van der Waals surface area contributed by atoms with Gasteiger partial charge in [0.2, 0.25) is 5.91 Å². The molecule has 1 amide bonds. The van der Waals surface area contributed by atoms with Crippen LogP contribution in [0.1, 0.15) is 56.5 Å². The van der Waals surface area contributed by atoms with Gasteiger partial charge in [0.05, 0.1) is 22.0 Å². The molecule has 1 atom stereocenters. The van der Waals surface area contributed by atoms with Gasteiger partial charge in [0.25, 0.3) is 0 Å². The minimum Gasteiger partial charge on any atom is -0.354 e. The Morgan fingerprint density at radius 2 is 1.96 bits per heavy atom. The highest BCUT2D eigenvalue weighted by atomic mass is 35.5. The van der Waals surface area contributed by atoms with Crippen molar-refractivity contribution in [3.05, 3.63) is 30.1 Å². The van der Waals surface area contributed by atoms with Crippen LogP contribution < -0.4 is 10.6 Å². The number of aromatic nitrogens is 2. The van der Waals surface area contributed by atoms with Gasteiger partial charge in [-0.2, -0.15) is 0 Å². The zero-order valence-corrected chi connectivity index (χ0v) is 17.6. The number of carbonyl (C=O) groups excluding carboxylic acids is 1. The first kappa shape index (κ1) is 22.1. The molecule has 7 heteroatoms. The Bertz CT molecular complexity index is 667. The van der Waals surface area contributed by atoms with E-state index in [0.29, 0.717) is 18.3 Å². The molecular weight excluding hydrogens is 380 g/mol. The molecular formula is C20H31ClN4OS. The summed E-state index contributed by atoms with van der Waals surface area (Å²) in [5, 5.41) is 6.77. The maximum atomic E-state index is 12.1. The fourth-order valence-electron chi connectivity index (χ4n) is 3.46. The summed E-state index contributed by atoms with van der Waals surface area (Å²) in [5.41, 5.74) is 2.02. The maximum Gasteiger partial charge on any atom is 0.230 e. The van der Waals surface area contributed by atoms with Gasteiger partial charge < -0.3 is 15.6 Å². The van der Waals surface area contributed by atoms with Crippen LogP contribution in [0, 0.1) is 0 Å². The molecule has 2 aromatic rings. The van der Waals surface area contributed by atoms with Crippen LogP contribution in [0.4, 0.5) is 0 Å². The summed E-state index contributed by atoms with van der Waals surface area (Å²) in [4.78, 5) is 20.0. The molecule has 1 aromatic carbocycles. The molecule has 1 aliphatic rings. The number of imidazole rings is 1. The number of fused-ring (bicyclic) bond motifs is 1. The SMILES string of the molecule is CC(SCC(=O)NCCNC1CCCCCC1)c1nc2ccccc2[nH]1.Cl. The number of halogens is 1. The number of rotatable bonds is 8. The number of nitrogens with one attached hydrogen (secondary N) is 3. The number of para-hydroxylation sites is 2. The van der Waals surface area contributed by atoms with Crippen molar-refractivity contribution in [3.8, 4) is 0 Å². The third kappa shape index (κ3) is 7.01. The lowest BCUT2D eigenvalue weighted by atomic mass is 10.1. The molecule has 1 unspecified atom stereocenters. The number of H-pyrrole nitrogens is 1. The van der Waals surface area contributed by atoms with E-state index in [-0.39, 0.29) is 23.6 Å². The Balaban J connectivity index is 0.00000261. The van der Waals surface area contributed by atoms with Crippen LogP contribution in [0.25, 0.3) is 11.0 Å². The normalized spacial score (nSPS) is 16.5. The molecule has 1 fully saturated rings. The lowest BCUT2D eigenvalue weighted by Crippen LogP contribution is -2.37. The summed E-state index contributed by atoms with van der Waals surface area (Å²) >= 11 is 1.62. The summed E-state index contributed by atoms with van der Waals surface area (Å²) < 4.78 is 0. The molecule has 150 valence electrons. The topological polar surface area (TPSA) is 69.8 Å². The van der Waals surface area contributed by atoms with Gasteiger partial charge in [0.15, 0.2) is 0 Å². The first-order chi connectivity index (χ1) is 12.7. The molecule has 1 aliphatic carbocycles. The van der Waals surface area contributed by atoms with E-state index in [4.69, 9.17) is 0 Å². The minimum atomic E-state index is 0. The molecule has 3 rings (SSSR count). The van der Waals surface area contributed by atoms with Crippen molar-refractivity contribution in [1.29, 1.82) is 0 Å². The van der Waals surface area contributed by atoms with Crippen molar-refractivity contribution in [3.63, 3.8) is 0 Å². The van der Waals surface area contributed by atoms with Crippen LogP contribution in [0.3, 0.4) is 0 Å². The highest BCUT2D eigenvalue weighted by Gasteiger charge is 2.14. The van der Waals surface area contributed by atoms with E-state index < -0.39 is 0 Å². The van der Waals surface area contributed by atoms with Gasteiger partial charge in [-0.25, -0.2) is 4.98 Å². The summed E-state index contributed by atoms with van der Waals surface area (Å²) in [6.45, 7) is 3.65. The first-order valence-corrected chi connectivity index (χ1v) is 10.8. The Morgan fingerprint density at radius 1 is 1.22 bits per heavy atom. The van der Waals surface area contributed by atoms with Crippen LogP contribution in [0.2, 0.25) is 0 Å². The molecule has 0 aliphatic heterocycles. The monoisotopic (exact) mass is 410 g/mol. The van der Waals surface area contributed by atoms with E-state index in [1.165, 1.54) is 38.5 Å². The molecule has 3 N–H and O–H groups in total. The molecule has 0 spiro atoms. The second kappa shape index (κ2) is 11.6. The summed E-state index contributed by atoms with van der Waals surface area (Å²) in [6.07, 6.45) is 7.96. The van der Waals surface area contributed by atoms with Crippen LogP contribution >= 0.6 is 24.2 Å². The number of aromatic amines is 1. The molecule has 0 saturated heterocycles. The van der Waals surface area contributed by atoms with E-state index in [1.807, 2.05) is 24.3 Å². The van der Waals surface area contributed by atoms with Gasteiger partial charge in [-0.05, 0) is 31.9 Å². The molecule has 1 saturated carbocycles. The number of thioether (sulfide) groups is 1. The largest absolute Gasteiger partial charge is 0.354 e. The van der Waals surface area contributed by atoms with E-state index in [0.717, 1.165) is 23.4 Å². The van der Waals surface area contributed by atoms with Crippen molar-refractivity contribution in [2.24, 2.45) is 0 Å². The average molecular weight is 411 g/mol. The smallest absolute Gasteiger partial charge is 0.230 e. The number of hydrogen-bond donors (Lipinski definition) is 3. The van der Waals surface area contributed by atoms with Crippen molar-refractivity contribution in [2.45, 2.75) is 56.7 Å². The number of nitrogens with zero attached hydrogens (tertiary/aromatic N) is 1. The number of hydrogen-bond acceptors (Lipinski definition) is 4. The summed E-state index contributed by atoms with van der Waals surface area (Å²) in [6, 6.07) is 8.65. The number of benzene rings is 1. The predicted molar refractivity (Wildman–Crippen MR) is 117 cm³/mol. The van der Waals surface area contributed by atoms with Gasteiger partial charge in [-0.1, -0.05) is 37.8 Å². The van der Waals surface area contributed by atoms with Gasteiger partial charge in [0, 0.05) is 19.1 Å². The number of carbonyl (C=O) groups is 1. The Labute approximate surface area is 172 Å². The fourth-order valence-corrected chi connectivity index (χ4v) is 4.23. The van der Waals surface area contributed by atoms with E-state index in [1.54, 1.807) is 11.8 Å². The van der Waals surface area contributed by atoms with E-state index in [2.05, 4.69) is 27.5 Å². The third-order valence-corrected chi connectivity index (χ3v) is 6.14. The third-order valence-electron chi connectivity index (χ3n) is 4.99. The average Bonchev–Trinajstić information content (AvgIpc) is 2.92. The molecule has 1 aromatic heterocycles. The van der Waals surface area contributed by atoms with E-state index >= 15 is 0 Å². The number of amides is 1. The highest BCUT2D eigenvalue weighted by Crippen LogP contribution is 2.27. The van der Waals surface area contributed by atoms with Crippen molar-refractivity contribution < 1.29 is 4.79 Å². The zero-order valence-electron chi connectivity index (χ0n) is 16.0.